The molecule has 0 aliphatic carbocycles. The van der Waals surface area contributed by atoms with E-state index in [4.69, 9.17) is 16.3 Å². The first-order chi connectivity index (χ1) is 7.75. The molecule has 1 atom stereocenters. The minimum absolute atomic E-state index is 0.0394. The first-order valence-corrected chi connectivity index (χ1v) is 5.56. The van der Waals surface area contributed by atoms with Crippen LogP contribution in [-0.2, 0) is 4.74 Å². The van der Waals surface area contributed by atoms with E-state index in [1.165, 1.54) is 0 Å². The van der Waals surface area contributed by atoms with E-state index in [0.29, 0.717) is 10.7 Å². The predicted molar refractivity (Wildman–Crippen MR) is 62.8 cm³/mol. The standard InChI is InChI=1S/C11H13ClN2O2/c12-9-3-1-2-4-10(9)14-11(15)16-8-5-6-13-7-8/h1-4,8,13H,5-7H2,(H,14,15). The molecule has 2 N–H and O–H groups in total. The average Bonchev–Trinajstić information content (AvgIpc) is 2.74. The van der Waals surface area contributed by atoms with Crippen molar-refractivity contribution in [1.29, 1.82) is 0 Å². The maximum atomic E-state index is 11.5. The number of anilines is 1. The molecule has 1 aliphatic rings. The molecule has 0 saturated carbocycles. The Balaban J connectivity index is 1.89. The number of nitrogens with one attached hydrogen (secondary N) is 2. The minimum atomic E-state index is -0.457. The fourth-order valence-electron chi connectivity index (χ4n) is 1.58. The molecule has 1 heterocycles. The third kappa shape index (κ3) is 2.87. The Labute approximate surface area is 98.9 Å². The van der Waals surface area contributed by atoms with Crippen molar-refractivity contribution in [3.8, 4) is 0 Å². The van der Waals surface area contributed by atoms with E-state index < -0.39 is 6.09 Å². The molecule has 1 aromatic carbocycles. The summed E-state index contributed by atoms with van der Waals surface area (Å²) in [5, 5.41) is 6.24. The van der Waals surface area contributed by atoms with Crippen molar-refractivity contribution >= 4 is 23.4 Å². The van der Waals surface area contributed by atoms with Crippen LogP contribution >= 0.6 is 11.6 Å². The van der Waals surface area contributed by atoms with Gasteiger partial charge in [0.1, 0.15) is 6.10 Å². The fraction of sp³-hybridized carbons (Fsp3) is 0.364. The Morgan fingerprint density at radius 1 is 1.50 bits per heavy atom. The highest BCUT2D eigenvalue weighted by Gasteiger charge is 2.18. The van der Waals surface area contributed by atoms with Crippen molar-refractivity contribution in [2.24, 2.45) is 0 Å². The number of amides is 1. The third-order valence-electron chi connectivity index (χ3n) is 2.40. The second kappa shape index (κ2) is 5.18. The van der Waals surface area contributed by atoms with Crippen LogP contribution < -0.4 is 10.6 Å². The number of benzene rings is 1. The van der Waals surface area contributed by atoms with Gasteiger partial charge in [0.2, 0.25) is 0 Å². The van der Waals surface area contributed by atoms with Crippen LogP contribution in [0.4, 0.5) is 10.5 Å². The lowest BCUT2D eigenvalue weighted by molar-refractivity contribution is 0.121. The Hall–Kier alpha value is -1.26. The lowest BCUT2D eigenvalue weighted by atomic mass is 10.3. The molecular formula is C11H13ClN2O2. The summed E-state index contributed by atoms with van der Waals surface area (Å²) in [5.41, 5.74) is 0.570. The number of hydrogen-bond acceptors (Lipinski definition) is 3. The van der Waals surface area contributed by atoms with E-state index >= 15 is 0 Å². The van der Waals surface area contributed by atoms with E-state index in [9.17, 15) is 4.79 Å². The molecule has 16 heavy (non-hydrogen) atoms. The van der Waals surface area contributed by atoms with Crippen LogP contribution in [0.25, 0.3) is 0 Å². The lowest BCUT2D eigenvalue weighted by Gasteiger charge is -2.12. The summed E-state index contributed by atoms with van der Waals surface area (Å²) in [6.45, 7) is 1.61. The summed E-state index contributed by atoms with van der Waals surface area (Å²) in [7, 11) is 0. The molecule has 0 radical (unpaired) electrons. The van der Waals surface area contributed by atoms with Gasteiger partial charge in [0.25, 0.3) is 0 Å². The fourth-order valence-corrected chi connectivity index (χ4v) is 1.77. The van der Waals surface area contributed by atoms with E-state index in [-0.39, 0.29) is 6.10 Å². The highest BCUT2D eigenvalue weighted by atomic mass is 35.5. The summed E-state index contributed by atoms with van der Waals surface area (Å²) >= 11 is 5.90. The van der Waals surface area contributed by atoms with Crippen molar-refractivity contribution in [1.82, 2.24) is 5.32 Å². The highest BCUT2D eigenvalue weighted by molar-refractivity contribution is 6.33. The molecule has 1 aliphatic heterocycles. The predicted octanol–water partition coefficient (Wildman–Crippen LogP) is 2.25. The first kappa shape index (κ1) is 11.2. The number of halogens is 1. The quantitative estimate of drug-likeness (QED) is 0.834. The van der Waals surface area contributed by atoms with Crippen molar-refractivity contribution in [3.05, 3.63) is 29.3 Å². The molecule has 1 fully saturated rings. The van der Waals surface area contributed by atoms with Crippen molar-refractivity contribution in [3.63, 3.8) is 0 Å². The topological polar surface area (TPSA) is 50.4 Å². The zero-order chi connectivity index (χ0) is 11.4. The maximum absolute atomic E-state index is 11.5. The van der Waals surface area contributed by atoms with Crippen LogP contribution in [0.1, 0.15) is 6.42 Å². The van der Waals surface area contributed by atoms with E-state index in [1.807, 2.05) is 0 Å². The number of carbonyl (C=O) groups is 1. The van der Waals surface area contributed by atoms with Gasteiger partial charge in [0.05, 0.1) is 10.7 Å². The van der Waals surface area contributed by atoms with Gasteiger partial charge in [-0.15, -0.1) is 0 Å². The molecule has 4 nitrogen and oxygen atoms in total. The Bertz CT molecular complexity index is 378. The summed E-state index contributed by atoms with van der Waals surface area (Å²) in [4.78, 5) is 11.5. The van der Waals surface area contributed by atoms with Gasteiger partial charge >= 0.3 is 6.09 Å². The smallest absolute Gasteiger partial charge is 0.411 e. The first-order valence-electron chi connectivity index (χ1n) is 5.18. The molecule has 86 valence electrons. The zero-order valence-electron chi connectivity index (χ0n) is 8.70. The molecule has 1 aromatic rings. The molecule has 1 unspecified atom stereocenters. The summed E-state index contributed by atoms with van der Waals surface area (Å²) in [6.07, 6.45) is 0.361. The van der Waals surface area contributed by atoms with Gasteiger partial charge in [0.15, 0.2) is 0 Å². The lowest BCUT2D eigenvalue weighted by Crippen LogP contribution is -2.24. The number of hydrogen-bond donors (Lipinski definition) is 2. The van der Waals surface area contributed by atoms with Gasteiger partial charge < -0.3 is 10.1 Å². The zero-order valence-corrected chi connectivity index (χ0v) is 9.46. The van der Waals surface area contributed by atoms with Crippen molar-refractivity contribution < 1.29 is 9.53 Å². The van der Waals surface area contributed by atoms with Crippen LogP contribution in [0.2, 0.25) is 5.02 Å². The largest absolute Gasteiger partial charge is 0.445 e. The van der Waals surface area contributed by atoms with Crippen LogP contribution in [0, 0.1) is 0 Å². The molecule has 5 heteroatoms. The van der Waals surface area contributed by atoms with Gasteiger partial charge in [-0.2, -0.15) is 0 Å². The second-order valence-electron chi connectivity index (χ2n) is 3.62. The molecule has 0 aromatic heterocycles. The summed E-state index contributed by atoms with van der Waals surface area (Å²) in [5.74, 6) is 0. The molecule has 2 rings (SSSR count). The normalized spacial score (nSPS) is 19.4. The number of rotatable bonds is 2. The third-order valence-corrected chi connectivity index (χ3v) is 2.73. The summed E-state index contributed by atoms with van der Waals surface area (Å²) < 4.78 is 5.20. The van der Waals surface area contributed by atoms with E-state index in [0.717, 1.165) is 19.5 Å². The van der Waals surface area contributed by atoms with Crippen molar-refractivity contribution in [2.45, 2.75) is 12.5 Å². The highest BCUT2D eigenvalue weighted by Crippen LogP contribution is 2.20. The minimum Gasteiger partial charge on any atom is -0.445 e. The number of para-hydroxylation sites is 1. The van der Waals surface area contributed by atoms with Gasteiger partial charge in [-0.05, 0) is 25.1 Å². The Morgan fingerprint density at radius 2 is 2.31 bits per heavy atom. The Morgan fingerprint density at radius 3 is 3.00 bits per heavy atom. The molecule has 0 bridgehead atoms. The van der Waals surface area contributed by atoms with Gasteiger partial charge in [-0.3, -0.25) is 5.32 Å². The van der Waals surface area contributed by atoms with Gasteiger partial charge in [0, 0.05) is 6.54 Å². The Kier molecular flexibility index (Phi) is 3.64. The monoisotopic (exact) mass is 240 g/mol. The van der Waals surface area contributed by atoms with Gasteiger partial charge in [-0.25, -0.2) is 4.79 Å². The van der Waals surface area contributed by atoms with Crippen LogP contribution in [0.15, 0.2) is 24.3 Å². The van der Waals surface area contributed by atoms with Gasteiger partial charge in [-0.1, -0.05) is 23.7 Å². The maximum Gasteiger partial charge on any atom is 0.411 e. The van der Waals surface area contributed by atoms with Crippen molar-refractivity contribution in [2.75, 3.05) is 18.4 Å². The SMILES string of the molecule is O=C(Nc1ccccc1Cl)OC1CCNC1. The molecular weight excluding hydrogens is 228 g/mol. The number of ether oxygens (including phenoxy) is 1. The second-order valence-corrected chi connectivity index (χ2v) is 4.03. The molecule has 0 spiro atoms. The van der Waals surface area contributed by atoms with Crippen LogP contribution in [-0.4, -0.2) is 25.3 Å². The van der Waals surface area contributed by atoms with E-state index in [1.54, 1.807) is 24.3 Å². The van der Waals surface area contributed by atoms with Crippen LogP contribution in [0.3, 0.4) is 0 Å². The molecule has 1 amide bonds. The number of carbonyl (C=O) groups excluding carboxylic acids is 1. The molecule has 1 saturated heterocycles. The average molecular weight is 241 g/mol. The van der Waals surface area contributed by atoms with Crippen LogP contribution in [0.5, 0.6) is 0 Å². The summed E-state index contributed by atoms with van der Waals surface area (Å²) in [6, 6.07) is 7.06. The van der Waals surface area contributed by atoms with E-state index in [2.05, 4.69) is 10.6 Å².